The molecule has 2 N–H and O–H groups in total. The number of hydrogen-bond donors (Lipinski definition) is 2. The molecule has 0 bridgehead atoms. The molecular formula is C25H39N3O3. The Morgan fingerprint density at radius 1 is 1.10 bits per heavy atom. The van der Waals surface area contributed by atoms with Gasteiger partial charge in [-0.1, -0.05) is 70.4 Å². The van der Waals surface area contributed by atoms with Crippen molar-refractivity contribution in [3.8, 4) is 0 Å². The van der Waals surface area contributed by atoms with Gasteiger partial charge in [0.15, 0.2) is 0 Å². The van der Waals surface area contributed by atoms with Gasteiger partial charge in [-0.2, -0.15) is 0 Å². The van der Waals surface area contributed by atoms with Crippen LogP contribution in [0, 0.1) is 11.8 Å². The Labute approximate surface area is 187 Å². The molecule has 2 atom stereocenters. The van der Waals surface area contributed by atoms with Crippen molar-refractivity contribution in [3.63, 3.8) is 0 Å². The van der Waals surface area contributed by atoms with E-state index in [-0.39, 0.29) is 36.0 Å². The minimum Gasteiger partial charge on any atom is -0.356 e. The first-order valence-corrected chi connectivity index (χ1v) is 11.8. The van der Waals surface area contributed by atoms with E-state index in [4.69, 9.17) is 0 Å². The standard InChI is InChI=1S/C25H39N3O3/c1-4-5-6-10-15-26-24(30)21-14-11-16-28(18-21)25(31)23(19(2)3)27-22(29)17-20-12-8-7-9-13-20/h7-9,12-13,19,21,23H,4-6,10-11,14-18H2,1-3H3,(H,26,30)(H,27,29). The molecule has 0 aromatic heterocycles. The molecule has 1 saturated heterocycles. The number of nitrogens with zero attached hydrogens (tertiary/aromatic N) is 1. The number of carbonyl (C=O) groups is 3. The van der Waals surface area contributed by atoms with E-state index >= 15 is 0 Å². The summed E-state index contributed by atoms with van der Waals surface area (Å²) in [5.74, 6) is -0.395. The molecule has 1 fully saturated rings. The van der Waals surface area contributed by atoms with Crippen molar-refractivity contribution < 1.29 is 14.4 Å². The van der Waals surface area contributed by atoms with Gasteiger partial charge in [0.25, 0.3) is 0 Å². The van der Waals surface area contributed by atoms with Crippen molar-refractivity contribution in [1.82, 2.24) is 15.5 Å². The van der Waals surface area contributed by atoms with Crippen LogP contribution in [-0.4, -0.2) is 48.3 Å². The van der Waals surface area contributed by atoms with Crippen LogP contribution in [0.25, 0.3) is 0 Å². The molecule has 0 saturated carbocycles. The van der Waals surface area contributed by atoms with Crippen molar-refractivity contribution in [2.45, 2.75) is 71.8 Å². The highest BCUT2D eigenvalue weighted by Gasteiger charge is 2.33. The summed E-state index contributed by atoms with van der Waals surface area (Å²) in [5.41, 5.74) is 0.920. The maximum atomic E-state index is 13.2. The van der Waals surface area contributed by atoms with Crippen LogP contribution in [0.5, 0.6) is 0 Å². The Morgan fingerprint density at radius 2 is 1.84 bits per heavy atom. The van der Waals surface area contributed by atoms with Gasteiger partial charge in [-0.25, -0.2) is 0 Å². The summed E-state index contributed by atoms with van der Waals surface area (Å²) in [6, 6.07) is 8.94. The first-order chi connectivity index (χ1) is 14.9. The second kappa shape index (κ2) is 13.1. The lowest BCUT2D eigenvalue weighted by molar-refractivity contribution is -0.140. The number of likely N-dealkylation sites (tertiary alicyclic amines) is 1. The van der Waals surface area contributed by atoms with Crippen LogP contribution >= 0.6 is 0 Å². The molecule has 1 aliphatic heterocycles. The van der Waals surface area contributed by atoms with Crippen molar-refractivity contribution in [1.29, 1.82) is 0 Å². The Bertz CT molecular complexity index is 705. The molecule has 1 heterocycles. The maximum absolute atomic E-state index is 13.2. The van der Waals surface area contributed by atoms with Gasteiger partial charge >= 0.3 is 0 Å². The largest absolute Gasteiger partial charge is 0.356 e. The number of unbranched alkanes of at least 4 members (excludes halogenated alkanes) is 3. The zero-order valence-corrected chi connectivity index (χ0v) is 19.4. The van der Waals surface area contributed by atoms with E-state index in [1.807, 2.05) is 44.2 Å². The molecule has 3 amide bonds. The summed E-state index contributed by atoms with van der Waals surface area (Å²) in [4.78, 5) is 40.1. The number of amides is 3. The average molecular weight is 430 g/mol. The normalized spacial score (nSPS) is 17.3. The highest BCUT2D eigenvalue weighted by Crippen LogP contribution is 2.19. The third kappa shape index (κ3) is 8.35. The topological polar surface area (TPSA) is 78.5 Å². The van der Waals surface area contributed by atoms with Crippen molar-refractivity contribution in [2.75, 3.05) is 19.6 Å². The van der Waals surface area contributed by atoms with E-state index in [0.717, 1.165) is 31.2 Å². The van der Waals surface area contributed by atoms with E-state index < -0.39 is 6.04 Å². The summed E-state index contributed by atoms with van der Waals surface area (Å²) in [5, 5.41) is 5.96. The molecular weight excluding hydrogens is 390 g/mol. The summed E-state index contributed by atoms with van der Waals surface area (Å²) < 4.78 is 0. The van der Waals surface area contributed by atoms with Crippen LogP contribution < -0.4 is 10.6 Å². The lowest BCUT2D eigenvalue weighted by atomic mass is 9.94. The Balaban J connectivity index is 1.89. The summed E-state index contributed by atoms with van der Waals surface area (Å²) >= 11 is 0. The minimum absolute atomic E-state index is 0.0278. The van der Waals surface area contributed by atoms with E-state index in [1.165, 1.54) is 12.8 Å². The zero-order valence-electron chi connectivity index (χ0n) is 19.4. The molecule has 1 aromatic carbocycles. The first-order valence-electron chi connectivity index (χ1n) is 11.8. The second-order valence-electron chi connectivity index (χ2n) is 8.93. The molecule has 2 unspecified atom stereocenters. The molecule has 2 rings (SSSR count). The van der Waals surface area contributed by atoms with Gasteiger partial charge in [0.1, 0.15) is 6.04 Å². The quantitative estimate of drug-likeness (QED) is 0.530. The molecule has 6 nitrogen and oxygen atoms in total. The van der Waals surface area contributed by atoms with Crippen molar-refractivity contribution >= 4 is 17.7 Å². The van der Waals surface area contributed by atoms with Gasteiger partial charge in [0, 0.05) is 19.6 Å². The van der Waals surface area contributed by atoms with Crippen LogP contribution in [0.15, 0.2) is 30.3 Å². The fourth-order valence-electron chi connectivity index (χ4n) is 4.02. The van der Waals surface area contributed by atoms with E-state index in [1.54, 1.807) is 4.90 Å². The Kier molecular flexibility index (Phi) is 10.5. The first kappa shape index (κ1) is 24.9. The number of benzene rings is 1. The third-order valence-electron chi connectivity index (χ3n) is 5.89. The number of hydrogen-bond acceptors (Lipinski definition) is 3. The van der Waals surface area contributed by atoms with Crippen LogP contribution in [-0.2, 0) is 20.8 Å². The smallest absolute Gasteiger partial charge is 0.245 e. The van der Waals surface area contributed by atoms with E-state index in [0.29, 0.717) is 19.6 Å². The van der Waals surface area contributed by atoms with Crippen LogP contribution in [0.1, 0.15) is 64.9 Å². The zero-order chi connectivity index (χ0) is 22.6. The highest BCUT2D eigenvalue weighted by atomic mass is 16.2. The van der Waals surface area contributed by atoms with Gasteiger partial charge in [0.2, 0.25) is 17.7 Å². The predicted molar refractivity (Wildman–Crippen MR) is 123 cm³/mol. The van der Waals surface area contributed by atoms with Gasteiger partial charge in [0.05, 0.1) is 12.3 Å². The summed E-state index contributed by atoms with van der Waals surface area (Å²) in [7, 11) is 0. The van der Waals surface area contributed by atoms with Gasteiger partial charge in [-0.05, 0) is 30.7 Å². The Morgan fingerprint density at radius 3 is 2.52 bits per heavy atom. The lowest BCUT2D eigenvalue weighted by Gasteiger charge is -2.35. The molecule has 31 heavy (non-hydrogen) atoms. The SMILES string of the molecule is CCCCCCNC(=O)C1CCCN(C(=O)C(NC(=O)Cc2ccccc2)C(C)C)C1. The van der Waals surface area contributed by atoms with Gasteiger partial charge < -0.3 is 15.5 Å². The third-order valence-corrected chi connectivity index (χ3v) is 5.89. The van der Waals surface area contributed by atoms with E-state index in [2.05, 4.69) is 17.6 Å². The maximum Gasteiger partial charge on any atom is 0.245 e. The number of piperidine rings is 1. The summed E-state index contributed by atoms with van der Waals surface area (Å²) in [6.07, 6.45) is 6.35. The van der Waals surface area contributed by atoms with Crippen LogP contribution in [0.2, 0.25) is 0 Å². The second-order valence-corrected chi connectivity index (χ2v) is 8.93. The van der Waals surface area contributed by atoms with Crippen molar-refractivity contribution in [3.05, 3.63) is 35.9 Å². The van der Waals surface area contributed by atoms with E-state index in [9.17, 15) is 14.4 Å². The molecule has 0 radical (unpaired) electrons. The molecule has 172 valence electrons. The lowest BCUT2D eigenvalue weighted by Crippen LogP contribution is -2.55. The minimum atomic E-state index is -0.577. The predicted octanol–water partition coefficient (Wildman–Crippen LogP) is 3.31. The number of carbonyl (C=O) groups excluding carboxylic acids is 3. The molecule has 1 aliphatic rings. The van der Waals surface area contributed by atoms with Gasteiger partial charge in [-0.15, -0.1) is 0 Å². The Hall–Kier alpha value is -2.37. The fraction of sp³-hybridized carbons (Fsp3) is 0.640. The molecule has 6 heteroatoms. The molecule has 0 aliphatic carbocycles. The number of rotatable bonds is 11. The summed E-state index contributed by atoms with van der Waals surface area (Å²) in [6.45, 7) is 7.81. The highest BCUT2D eigenvalue weighted by molar-refractivity contribution is 5.89. The van der Waals surface area contributed by atoms with Crippen molar-refractivity contribution in [2.24, 2.45) is 11.8 Å². The van der Waals surface area contributed by atoms with Crippen LogP contribution in [0.4, 0.5) is 0 Å². The average Bonchev–Trinajstić information content (AvgIpc) is 2.77. The number of nitrogens with one attached hydrogen (secondary N) is 2. The van der Waals surface area contributed by atoms with Gasteiger partial charge in [-0.3, -0.25) is 14.4 Å². The molecule has 1 aromatic rings. The monoisotopic (exact) mass is 429 g/mol. The molecule has 0 spiro atoms. The van der Waals surface area contributed by atoms with Crippen LogP contribution in [0.3, 0.4) is 0 Å². The fourth-order valence-corrected chi connectivity index (χ4v) is 4.02.